The van der Waals surface area contributed by atoms with E-state index >= 15 is 0 Å². The summed E-state index contributed by atoms with van der Waals surface area (Å²) in [5, 5.41) is 8.05. The molecule has 0 bridgehead atoms. The van der Waals surface area contributed by atoms with Crippen molar-refractivity contribution in [2.24, 2.45) is 0 Å². The van der Waals surface area contributed by atoms with Crippen molar-refractivity contribution in [1.82, 2.24) is 14.6 Å². The van der Waals surface area contributed by atoms with Gasteiger partial charge in [-0.1, -0.05) is 24.3 Å². The molecule has 0 spiro atoms. The first-order chi connectivity index (χ1) is 13.3. The summed E-state index contributed by atoms with van der Waals surface area (Å²) in [6.07, 6.45) is 1.82. The molecule has 2 aromatic heterocycles. The van der Waals surface area contributed by atoms with E-state index in [1.54, 1.807) is 14.2 Å². The van der Waals surface area contributed by atoms with Gasteiger partial charge in [0.25, 0.3) is 0 Å². The van der Waals surface area contributed by atoms with Gasteiger partial charge in [-0.15, -0.1) is 5.10 Å². The number of hydrogen-bond donors (Lipinski definition) is 1. The summed E-state index contributed by atoms with van der Waals surface area (Å²) < 4.78 is 12.4. The number of rotatable bonds is 6. The van der Waals surface area contributed by atoms with Crippen molar-refractivity contribution in [3.05, 3.63) is 72.4 Å². The van der Waals surface area contributed by atoms with E-state index in [0.717, 1.165) is 39.8 Å². The van der Waals surface area contributed by atoms with Crippen LogP contribution in [0.5, 0.6) is 11.5 Å². The molecule has 4 rings (SSSR count). The maximum Gasteiger partial charge on any atom is 0.154 e. The highest BCUT2D eigenvalue weighted by atomic mass is 16.5. The monoisotopic (exact) mass is 360 g/mol. The molecule has 6 nitrogen and oxygen atoms in total. The molecule has 0 radical (unpaired) electrons. The molecule has 4 aromatic rings. The number of nitrogens with one attached hydrogen (secondary N) is 1. The van der Waals surface area contributed by atoms with E-state index in [9.17, 15) is 0 Å². The van der Waals surface area contributed by atoms with Crippen molar-refractivity contribution in [3.63, 3.8) is 0 Å². The highest BCUT2D eigenvalue weighted by Gasteiger charge is 2.09. The van der Waals surface area contributed by atoms with E-state index in [1.807, 2.05) is 71.4 Å². The molecule has 1 N–H and O–H groups in total. The Labute approximate surface area is 157 Å². The zero-order valence-electron chi connectivity index (χ0n) is 15.2. The van der Waals surface area contributed by atoms with Crippen molar-refractivity contribution >= 4 is 11.5 Å². The van der Waals surface area contributed by atoms with E-state index in [2.05, 4.69) is 10.3 Å². The molecule has 0 saturated heterocycles. The average molecular weight is 360 g/mol. The second-order valence-electron chi connectivity index (χ2n) is 6.07. The first-order valence-corrected chi connectivity index (χ1v) is 8.63. The van der Waals surface area contributed by atoms with Crippen molar-refractivity contribution in [2.75, 3.05) is 19.5 Å². The third-order valence-corrected chi connectivity index (χ3v) is 4.36. The molecule has 0 atom stereocenters. The van der Waals surface area contributed by atoms with E-state index in [0.29, 0.717) is 6.54 Å². The SMILES string of the molecule is COc1ccc(CNc2ccc3ncc(-c4cccc(OC)c4)n3n2)cc1. The summed E-state index contributed by atoms with van der Waals surface area (Å²) >= 11 is 0. The summed E-state index contributed by atoms with van der Waals surface area (Å²) in [6, 6.07) is 19.7. The van der Waals surface area contributed by atoms with Crippen LogP contribution in [0, 0.1) is 0 Å². The fraction of sp³-hybridized carbons (Fsp3) is 0.143. The van der Waals surface area contributed by atoms with Gasteiger partial charge >= 0.3 is 0 Å². The zero-order valence-corrected chi connectivity index (χ0v) is 15.2. The molecule has 0 fully saturated rings. The zero-order chi connectivity index (χ0) is 18.6. The molecule has 6 heteroatoms. The number of ether oxygens (including phenoxy) is 2. The van der Waals surface area contributed by atoms with Crippen LogP contribution in [0.2, 0.25) is 0 Å². The lowest BCUT2D eigenvalue weighted by Gasteiger charge is -2.08. The van der Waals surface area contributed by atoms with Crippen LogP contribution in [0.4, 0.5) is 5.82 Å². The normalized spacial score (nSPS) is 10.7. The molecule has 0 amide bonds. The highest BCUT2D eigenvalue weighted by molar-refractivity contribution is 5.65. The molecule has 136 valence electrons. The van der Waals surface area contributed by atoms with Crippen LogP contribution in [0.3, 0.4) is 0 Å². The van der Waals surface area contributed by atoms with Crippen LogP contribution < -0.4 is 14.8 Å². The minimum atomic E-state index is 0.672. The quantitative estimate of drug-likeness (QED) is 0.563. The van der Waals surface area contributed by atoms with Gasteiger partial charge in [-0.3, -0.25) is 0 Å². The van der Waals surface area contributed by atoms with Crippen LogP contribution >= 0.6 is 0 Å². The van der Waals surface area contributed by atoms with Gasteiger partial charge in [-0.25, -0.2) is 9.50 Å². The minimum absolute atomic E-state index is 0.672. The summed E-state index contributed by atoms with van der Waals surface area (Å²) in [5.74, 6) is 2.43. The van der Waals surface area contributed by atoms with Gasteiger partial charge in [0.1, 0.15) is 17.3 Å². The number of benzene rings is 2. The Balaban J connectivity index is 1.59. The fourth-order valence-corrected chi connectivity index (χ4v) is 2.88. The maximum atomic E-state index is 5.32. The largest absolute Gasteiger partial charge is 0.497 e. The Hall–Kier alpha value is -3.54. The van der Waals surface area contributed by atoms with E-state index in [4.69, 9.17) is 14.6 Å². The van der Waals surface area contributed by atoms with Crippen LogP contribution in [0.15, 0.2) is 66.9 Å². The molecule has 0 aliphatic heterocycles. The fourth-order valence-electron chi connectivity index (χ4n) is 2.88. The van der Waals surface area contributed by atoms with Crippen LogP contribution in [-0.4, -0.2) is 28.8 Å². The van der Waals surface area contributed by atoms with Crippen molar-refractivity contribution < 1.29 is 9.47 Å². The van der Waals surface area contributed by atoms with Gasteiger partial charge in [0.15, 0.2) is 5.65 Å². The lowest BCUT2D eigenvalue weighted by atomic mass is 10.1. The van der Waals surface area contributed by atoms with Gasteiger partial charge in [-0.05, 0) is 42.0 Å². The molecule has 0 unspecified atom stereocenters. The van der Waals surface area contributed by atoms with E-state index in [1.165, 1.54) is 0 Å². The Morgan fingerprint density at radius 3 is 2.52 bits per heavy atom. The van der Waals surface area contributed by atoms with E-state index < -0.39 is 0 Å². The number of imidazole rings is 1. The second kappa shape index (κ2) is 7.37. The first kappa shape index (κ1) is 16.9. The summed E-state index contributed by atoms with van der Waals surface area (Å²) in [4.78, 5) is 4.45. The topological polar surface area (TPSA) is 60.7 Å². The van der Waals surface area contributed by atoms with Crippen molar-refractivity contribution in [2.45, 2.75) is 6.54 Å². The lowest BCUT2D eigenvalue weighted by molar-refractivity contribution is 0.414. The third kappa shape index (κ3) is 3.55. The van der Waals surface area contributed by atoms with Gasteiger partial charge in [0, 0.05) is 12.1 Å². The average Bonchev–Trinajstić information content (AvgIpc) is 3.16. The van der Waals surface area contributed by atoms with Gasteiger partial charge < -0.3 is 14.8 Å². The Morgan fingerprint density at radius 2 is 1.74 bits per heavy atom. The number of aromatic nitrogens is 3. The minimum Gasteiger partial charge on any atom is -0.497 e. The summed E-state index contributed by atoms with van der Waals surface area (Å²) in [5.41, 5.74) is 3.86. The third-order valence-electron chi connectivity index (χ3n) is 4.36. The number of anilines is 1. The molecule has 2 heterocycles. The summed E-state index contributed by atoms with van der Waals surface area (Å²) in [6.45, 7) is 0.672. The molecular weight excluding hydrogens is 340 g/mol. The smallest absolute Gasteiger partial charge is 0.154 e. The second-order valence-corrected chi connectivity index (χ2v) is 6.07. The van der Waals surface area contributed by atoms with Crippen molar-refractivity contribution in [1.29, 1.82) is 0 Å². The van der Waals surface area contributed by atoms with E-state index in [-0.39, 0.29) is 0 Å². The van der Waals surface area contributed by atoms with Gasteiger partial charge in [-0.2, -0.15) is 0 Å². The maximum absolute atomic E-state index is 5.32. The number of fused-ring (bicyclic) bond motifs is 1. The van der Waals surface area contributed by atoms with Crippen LogP contribution in [-0.2, 0) is 6.54 Å². The predicted octanol–water partition coefficient (Wildman–Crippen LogP) is 4.03. The molecular formula is C21H20N4O2. The number of hydrogen-bond acceptors (Lipinski definition) is 5. The van der Waals surface area contributed by atoms with Crippen LogP contribution in [0.25, 0.3) is 16.9 Å². The Kier molecular flexibility index (Phi) is 4.61. The molecule has 0 saturated carbocycles. The number of methoxy groups -OCH3 is 2. The molecule has 0 aliphatic rings. The summed E-state index contributed by atoms with van der Waals surface area (Å²) in [7, 11) is 3.32. The van der Waals surface area contributed by atoms with Gasteiger partial charge in [0.2, 0.25) is 0 Å². The first-order valence-electron chi connectivity index (χ1n) is 8.63. The molecule has 27 heavy (non-hydrogen) atoms. The Bertz CT molecular complexity index is 1060. The molecule has 0 aliphatic carbocycles. The van der Waals surface area contributed by atoms with Gasteiger partial charge in [0.05, 0.1) is 26.1 Å². The lowest BCUT2D eigenvalue weighted by Crippen LogP contribution is -2.04. The standard InChI is InChI=1S/C21H20N4O2/c1-26-17-8-6-15(7-9-17)13-22-20-10-11-21-23-14-19(25(21)24-20)16-4-3-5-18(12-16)27-2/h3-12,14H,13H2,1-2H3,(H,22,24). The van der Waals surface area contributed by atoms with Crippen molar-refractivity contribution in [3.8, 4) is 22.8 Å². The number of nitrogens with zero attached hydrogens (tertiary/aromatic N) is 3. The molecule has 2 aromatic carbocycles. The predicted molar refractivity (Wildman–Crippen MR) is 105 cm³/mol. The van der Waals surface area contributed by atoms with Crippen LogP contribution in [0.1, 0.15) is 5.56 Å². The highest BCUT2D eigenvalue weighted by Crippen LogP contribution is 2.24. The Morgan fingerprint density at radius 1 is 0.926 bits per heavy atom.